The van der Waals surface area contributed by atoms with Crippen molar-refractivity contribution in [3.63, 3.8) is 0 Å². The number of nitrogens with one attached hydrogen (secondary N) is 1. The van der Waals surface area contributed by atoms with Crippen molar-refractivity contribution in [2.45, 2.75) is 38.3 Å². The molecule has 0 amide bonds. The zero-order valence-corrected chi connectivity index (χ0v) is 9.52. The third-order valence-corrected chi connectivity index (χ3v) is 3.40. The van der Waals surface area contributed by atoms with Gasteiger partial charge in [-0.2, -0.15) is 0 Å². The molecule has 2 N–H and O–H groups in total. The number of hydrogen-bond donors (Lipinski definition) is 2. The van der Waals surface area contributed by atoms with E-state index in [1.807, 2.05) is 18.3 Å². The van der Waals surface area contributed by atoms with E-state index in [0.29, 0.717) is 0 Å². The molecule has 0 spiro atoms. The topological polar surface area (TPSA) is 56.3 Å². The van der Waals surface area contributed by atoms with Gasteiger partial charge in [-0.3, -0.25) is 9.69 Å². The Balaban J connectivity index is 2.14. The second kappa shape index (κ2) is 4.70. The van der Waals surface area contributed by atoms with Crippen LogP contribution in [-0.2, 0) is 4.79 Å². The van der Waals surface area contributed by atoms with E-state index in [1.165, 1.54) is 0 Å². The number of carboxylic acids is 1. The smallest absolute Gasteiger partial charge is 0.320 e. The Bertz CT molecular complexity index is 348. The minimum absolute atomic E-state index is 0.149. The predicted octanol–water partition coefficient (Wildman–Crippen LogP) is 2.01. The third-order valence-electron chi connectivity index (χ3n) is 3.40. The van der Waals surface area contributed by atoms with Crippen LogP contribution in [0.1, 0.15) is 37.9 Å². The maximum Gasteiger partial charge on any atom is 0.320 e. The van der Waals surface area contributed by atoms with Gasteiger partial charge in [0, 0.05) is 17.9 Å². The summed E-state index contributed by atoms with van der Waals surface area (Å²) >= 11 is 0. The first-order valence-corrected chi connectivity index (χ1v) is 5.82. The minimum Gasteiger partial charge on any atom is -0.480 e. The van der Waals surface area contributed by atoms with E-state index in [2.05, 4.69) is 16.8 Å². The average Bonchev–Trinajstić information content (AvgIpc) is 2.81. The molecule has 1 aliphatic rings. The molecule has 1 aromatic rings. The summed E-state index contributed by atoms with van der Waals surface area (Å²) in [6, 6.07) is 3.78. The molecule has 2 rings (SSSR count). The highest BCUT2D eigenvalue weighted by molar-refractivity contribution is 5.73. The van der Waals surface area contributed by atoms with Crippen molar-refractivity contribution >= 4 is 5.97 Å². The van der Waals surface area contributed by atoms with Gasteiger partial charge in [0.25, 0.3) is 0 Å². The molecule has 1 aromatic heterocycles. The van der Waals surface area contributed by atoms with E-state index in [0.717, 1.165) is 31.5 Å². The van der Waals surface area contributed by atoms with Crippen molar-refractivity contribution in [3.05, 3.63) is 24.0 Å². The Labute approximate surface area is 95.3 Å². The lowest BCUT2D eigenvalue weighted by Crippen LogP contribution is -2.45. The molecule has 2 heterocycles. The summed E-state index contributed by atoms with van der Waals surface area (Å²) in [6.07, 6.45) is 4.76. The summed E-state index contributed by atoms with van der Waals surface area (Å²) in [7, 11) is 0. The van der Waals surface area contributed by atoms with Gasteiger partial charge in [-0.15, -0.1) is 0 Å². The van der Waals surface area contributed by atoms with Crippen LogP contribution in [0.4, 0.5) is 0 Å². The fourth-order valence-electron chi connectivity index (χ4n) is 2.47. The van der Waals surface area contributed by atoms with Gasteiger partial charge >= 0.3 is 5.97 Å². The summed E-state index contributed by atoms with van der Waals surface area (Å²) in [5.41, 5.74) is 1.09. The van der Waals surface area contributed by atoms with Gasteiger partial charge in [-0.1, -0.05) is 6.42 Å². The molecule has 1 saturated heterocycles. The largest absolute Gasteiger partial charge is 0.480 e. The maximum absolute atomic E-state index is 11.2. The molecule has 0 saturated carbocycles. The average molecular weight is 222 g/mol. The molecular weight excluding hydrogens is 204 g/mol. The van der Waals surface area contributed by atoms with Crippen molar-refractivity contribution < 1.29 is 9.90 Å². The maximum atomic E-state index is 11.2. The fourth-order valence-corrected chi connectivity index (χ4v) is 2.47. The number of rotatable bonds is 3. The molecule has 0 aliphatic carbocycles. The zero-order valence-electron chi connectivity index (χ0n) is 9.52. The molecule has 4 nitrogen and oxygen atoms in total. The summed E-state index contributed by atoms with van der Waals surface area (Å²) in [5.74, 6) is -0.696. The second-order valence-corrected chi connectivity index (χ2v) is 4.39. The van der Waals surface area contributed by atoms with E-state index in [4.69, 9.17) is 0 Å². The SMILES string of the molecule is C[C@@H](c1ccc[nH]1)N1CCCC[C@@H]1C(=O)O. The van der Waals surface area contributed by atoms with E-state index < -0.39 is 5.97 Å². The fraction of sp³-hybridized carbons (Fsp3) is 0.583. The van der Waals surface area contributed by atoms with Crippen LogP contribution in [0.15, 0.2) is 18.3 Å². The van der Waals surface area contributed by atoms with Crippen LogP contribution in [0, 0.1) is 0 Å². The van der Waals surface area contributed by atoms with Gasteiger partial charge in [0.05, 0.1) is 0 Å². The summed E-state index contributed by atoms with van der Waals surface area (Å²) in [4.78, 5) is 16.4. The van der Waals surface area contributed by atoms with Crippen LogP contribution in [-0.4, -0.2) is 33.5 Å². The Morgan fingerprint density at radius 2 is 2.44 bits per heavy atom. The molecule has 16 heavy (non-hydrogen) atoms. The van der Waals surface area contributed by atoms with E-state index in [1.54, 1.807) is 0 Å². The van der Waals surface area contributed by atoms with Gasteiger partial charge < -0.3 is 10.1 Å². The highest BCUT2D eigenvalue weighted by Gasteiger charge is 2.32. The molecule has 1 aliphatic heterocycles. The third kappa shape index (κ3) is 2.11. The summed E-state index contributed by atoms with van der Waals surface area (Å²) in [5, 5.41) is 9.20. The van der Waals surface area contributed by atoms with E-state index in [9.17, 15) is 9.90 Å². The van der Waals surface area contributed by atoms with Crippen molar-refractivity contribution in [1.29, 1.82) is 0 Å². The van der Waals surface area contributed by atoms with Crippen molar-refractivity contribution in [1.82, 2.24) is 9.88 Å². The van der Waals surface area contributed by atoms with Crippen molar-refractivity contribution in [2.75, 3.05) is 6.54 Å². The standard InChI is InChI=1S/C12H18N2O2/c1-9(10-5-4-7-13-10)14-8-3-2-6-11(14)12(15)16/h4-5,7,9,11,13H,2-3,6,8H2,1H3,(H,15,16)/t9-,11+/m0/s1. The van der Waals surface area contributed by atoms with Crippen LogP contribution in [0.3, 0.4) is 0 Å². The molecular formula is C12H18N2O2. The number of nitrogens with zero attached hydrogens (tertiary/aromatic N) is 1. The van der Waals surface area contributed by atoms with Crippen molar-refractivity contribution in [2.24, 2.45) is 0 Å². The van der Waals surface area contributed by atoms with Gasteiger partial charge in [0.2, 0.25) is 0 Å². The van der Waals surface area contributed by atoms with E-state index >= 15 is 0 Å². The van der Waals surface area contributed by atoms with Gasteiger partial charge in [0.1, 0.15) is 6.04 Å². The molecule has 0 aromatic carbocycles. The first kappa shape index (κ1) is 11.2. The summed E-state index contributed by atoms with van der Waals surface area (Å²) in [6.45, 7) is 2.93. The van der Waals surface area contributed by atoms with Gasteiger partial charge in [-0.05, 0) is 38.4 Å². The zero-order chi connectivity index (χ0) is 11.5. The number of carbonyl (C=O) groups is 1. The van der Waals surface area contributed by atoms with Crippen molar-refractivity contribution in [3.8, 4) is 0 Å². The normalized spacial score (nSPS) is 24.2. The summed E-state index contributed by atoms with van der Waals surface area (Å²) < 4.78 is 0. The van der Waals surface area contributed by atoms with Crippen LogP contribution in [0.2, 0.25) is 0 Å². The monoisotopic (exact) mass is 222 g/mol. The van der Waals surface area contributed by atoms with Gasteiger partial charge in [0.15, 0.2) is 0 Å². The Morgan fingerprint density at radius 1 is 1.62 bits per heavy atom. The van der Waals surface area contributed by atoms with Crippen LogP contribution >= 0.6 is 0 Å². The molecule has 2 atom stereocenters. The number of likely N-dealkylation sites (tertiary alicyclic amines) is 1. The number of carboxylic acid groups (broad SMARTS) is 1. The molecule has 0 bridgehead atoms. The molecule has 4 heteroatoms. The minimum atomic E-state index is -0.696. The number of aliphatic carboxylic acids is 1. The number of aromatic amines is 1. The highest BCUT2D eigenvalue weighted by atomic mass is 16.4. The lowest BCUT2D eigenvalue weighted by molar-refractivity contribution is -0.145. The quantitative estimate of drug-likeness (QED) is 0.822. The molecule has 88 valence electrons. The lowest BCUT2D eigenvalue weighted by atomic mass is 9.99. The second-order valence-electron chi connectivity index (χ2n) is 4.39. The molecule has 0 radical (unpaired) electrons. The Hall–Kier alpha value is -1.29. The number of hydrogen-bond acceptors (Lipinski definition) is 2. The first-order valence-electron chi connectivity index (χ1n) is 5.82. The number of aromatic nitrogens is 1. The predicted molar refractivity (Wildman–Crippen MR) is 61.2 cm³/mol. The van der Waals surface area contributed by atoms with Crippen LogP contribution in [0.25, 0.3) is 0 Å². The Morgan fingerprint density at radius 3 is 3.06 bits per heavy atom. The molecule has 1 fully saturated rings. The highest BCUT2D eigenvalue weighted by Crippen LogP contribution is 2.27. The van der Waals surface area contributed by atoms with Crippen LogP contribution < -0.4 is 0 Å². The number of H-pyrrole nitrogens is 1. The van der Waals surface area contributed by atoms with E-state index in [-0.39, 0.29) is 12.1 Å². The number of piperidine rings is 1. The van der Waals surface area contributed by atoms with Crippen LogP contribution in [0.5, 0.6) is 0 Å². The lowest BCUT2D eigenvalue weighted by Gasteiger charge is -2.37. The van der Waals surface area contributed by atoms with Gasteiger partial charge in [-0.25, -0.2) is 0 Å². The Kier molecular flexibility index (Phi) is 3.29. The molecule has 0 unspecified atom stereocenters. The first-order chi connectivity index (χ1) is 7.70.